The normalized spacial score (nSPS) is 22.0. The Bertz CT molecular complexity index is 747. The second-order valence-electron chi connectivity index (χ2n) is 7.80. The lowest BCUT2D eigenvalue weighted by Crippen LogP contribution is -2.58. The van der Waals surface area contributed by atoms with Crippen molar-refractivity contribution in [3.05, 3.63) is 35.4 Å². The molecule has 0 aromatic heterocycles. The molecule has 3 rings (SSSR count). The number of amides is 2. The second kappa shape index (κ2) is 9.72. The molecule has 1 aromatic rings. The van der Waals surface area contributed by atoms with Gasteiger partial charge in [-0.25, -0.2) is 4.79 Å². The molecule has 0 atom stereocenters. The van der Waals surface area contributed by atoms with Crippen LogP contribution in [0.1, 0.15) is 30.9 Å². The summed E-state index contributed by atoms with van der Waals surface area (Å²) in [5, 5.41) is 20.9. The Balaban J connectivity index is 1.37. The Labute approximate surface area is 171 Å². The van der Waals surface area contributed by atoms with Crippen LogP contribution >= 0.6 is 0 Å². The van der Waals surface area contributed by atoms with Crippen LogP contribution in [0.15, 0.2) is 24.3 Å². The highest BCUT2D eigenvalue weighted by molar-refractivity contribution is 5.74. The number of carboxylic acids is 1. The first-order chi connectivity index (χ1) is 14.0. The van der Waals surface area contributed by atoms with Gasteiger partial charge in [-0.1, -0.05) is 19.1 Å². The molecule has 0 spiro atoms. The zero-order valence-corrected chi connectivity index (χ0v) is 16.9. The highest BCUT2D eigenvalue weighted by Crippen LogP contribution is 2.25. The maximum Gasteiger partial charge on any atom is 0.317 e. The molecule has 1 aliphatic carbocycles. The molecular weight excluding hydrogens is 370 g/mol. The first-order valence-corrected chi connectivity index (χ1v) is 10.2. The number of nitrogens with one attached hydrogen (secondary N) is 1. The molecule has 2 fully saturated rings. The molecule has 2 aliphatic rings. The van der Waals surface area contributed by atoms with E-state index in [1.165, 1.54) is 5.56 Å². The van der Waals surface area contributed by atoms with Crippen molar-refractivity contribution >= 4 is 12.0 Å². The lowest BCUT2D eigenvalue weighted by Gasteiger charge is -2.43. The van der Waals surface area contributed by atoms with E-state index in [1.54, 1.807) is 0 Å². The highest BCUT2D eigenvalue weighted by Gasteiger charge is 2.35. The van der Waals surface area contributed by atoms with Gasteiger partial charge in [-0.2, -0.15) is 5.26 Å². The summed E-state index contributed by atoms with van der Waals surface area (Å²) >= 11 is 0. The Kier molecular flexibility index (Phi) is 7.07. The number of urea groups is 1. The van der Waals surface area contributed by atoms with Crippen LogP contribution in [-0.2, 0) is 11.3 Å². The van der Waals surface area contributed by atoms with Crippen molar-refractivity contribution in [1.29, 1.82) is 5.26 Å². The summed E-state index contributed by atoms with van der Waals surface area (Å²) in [5.74, 6) is -0.807. The minimum Gasteiger partial charge on any atom is -0.480 e. The van der Waals surface area contributed by atoms with Gasteiger partial charge in [0.25, 0.3) is 0 Å². The molecule has 8 nitrogen and oxygen atoms in total. The number of likely N-dealkylation sites (N-methyl/N-ethyl adjacent to an activating group) is 1. The third-order valence-corrected chi connectivity index (χ3v) is 5.85. The molecule has 1 saturated carbocycles. The lowest BCUT2D eigenvalue weighted by molar-refractivity contribution is -0.139. The summed E-state index contributed by atoms with van der Waals surface area (Å²) in [5.41, 5.74) is 1.84. The van der Waals surface area contributed by atoms with E-state index in [-0.39, 0.29) is 24.7 Å². The number of carbonyl (C=O) groups excluding carboxylic acids is 1. The number of carbonyl (C=O) groups is 2. The number of piperazine rings is 1. The van der Waals surface area contributed by atoms with Crippen LogP contribution in [0.25, 0.3) is 0 Å². The third-order valence-electron chi connectivity index (χ3n) is 5.85. The van der Waals surface area contributed by atoms with Crippen molar-refractivity contribution in [1.82, 2.24) is 20.0 Å². The van der Waals surface area contributed by atoms with Gasteiger partial charge in [-0.05, 0) is 37.1 Å². The molecule has 1 heterocycles. The summed E-state index contributed by atoms with van der Waals surface area (Å²) in [6, 6.07) is 10.1. The minimum absolute atomic E-state index is 0.0206. The monoisotopic (exact) mass is 399 g/mol. The van der Waals surface area contributed by atoms with E-state index in [2.05, 4.69) is 16.3 Å². The number of carboxylic acid groups (broad SMARTS) is 1. The minimum atomic E-state index is -0.807. The molecule has 1 aromatic carbocycles. The maximum absolute atomic E-state index is 12.5. The first kappa shape index (κ1) is 21.1. The van der Waals surface area contributed by atoms with Crippen molar-refractivity contribution in [2.75, 3.05) is 39.3 Å². The van der Waals surface area contributed by atoms with E-state index < -0.39 is 5.97 Å². The zero-order valence-electron chi connectivity index (χ0n) is 16.9. The van der Waals surface area contributed by atoms with Gasteiger partial charge in [0.1, 0.15) is 0 Å². The molecule has 1 aliphatic heterocycles. The van der Waals surface area contributed by atoms with Gasteiger partial charge in [-0.15, -0.1) is 0 Å². The number of nitrogens with zero attached hydrogens (tertiary/aromatic N) is 4. The fraction of sp³-hybridized carbons (Fsp3) is 0.571. The van der Waals surface area contributed by atoms with E-state index in [4.69, 9.17) is 10.4 Å². The van der Waals surface area contributed by atoms with E-state index >= 15 is 0 Å². The Morgan fingerprint density at radius 2 is 1.86 bits per heavy atom. The number of hydrogen-bond acceptors (Lipinski definition) is 5. The lowest BCUT2D eigenvalue weighted by atomic mass is 9.85. The van der Waals surface area contributed by atoms with Gasteiger partial charge in [0.2, 0.25) is 0 Å². The van der Waals surface area contributed by atoms with Crippen LogP contribution in [0.2, 0.25) is 0 Å². The summed E-state index contributed by atoms with van der Waals surface area (Å²) in [6.45, 7) is 6.58. The fourth-order valence-electron chi connectivity index (χ4n) is 3.99. The molecular formula is C21H29N5O3. The van der Waals surface area contributed by atoms with Crippen molar-refractivity contribution < 1.29 is 14.7 Å². The first-order valence-electron chi connectivity index (χ1n) is 10.2. The van der Waals surface area contributed by atoms with Gasteiger partial charge in [-0.3, -0.25) is 14.6 Å². The average Bonchev–Trinajstić information content (AvgIpc) is 2.69. The number of rotatable bonds is 7. The van der Waals surface area contributed by atoms with E-state index in [1.807, 2.05) is 41.0 Å². The van der Waals surface area contributed by atoms with Crippen LogP contribution in [0, 0.1) is 11.3 Å². The molecule has 2 amide bonds. The van der Waals surface area contributed by atoms with Gasteiger partial charge < -0.3 is 15.3 Å². The summed E-state index contributed by atoms with van der Waals surface area (Å²) in [6.07, 6.45) is 1.62. The summed E-state index contributed by atoms with van der Waals surface area (Å²) in [7, 11) is 0. The predicted molar refractivity (Wildman–Crippen MR) is 108 cm³/mol. The van der Waals surface area contributed by atoms with Gasteiger partial charge in [0, 0.05) is 44.8 Å². The number of hydrogen-bond donors (Lipinski definition) is 2. The standard InChI is InChI=1S/C21H29N5O3/c1-2-25(15-20(27)28)19-11-18(12-19)23-21(29)26-9-7-24(8-10-26)14-17-5-3-16(13-22)4-6-17/h3-6,18-19H,2,7-12,14-15H2,1H3,(H,23,29)(H,27,28). The topological polar surface area (TPSA) is 99.9 Å². The van der Waals surface area contributed by atoms with Crippen molar-refractivity contribution in [3.63, 3.8) is 0 Å². The van der Waals surface area contributed by atoms with Crippen LogP contribution in [0.5, 0.6) is 0 Å². The quantitative estimate of drug-likeness (QED) is 0.717. The Morgan fingerprint density at radius 1 is 1.21 bits per heavy atom. The van der Waals surface area contributed by atoms with Gasteiger partial charge >= 0.3 is 12.0 Å². The number of nitriles is 1. The molecule has 156 valence electrons. The van der Waals surface area contributed by atoms with Crippen molar-refractivity contribution in [3.8, 4) is 6.07 Å². The molecule has 0 bridgehead atoms. The summed E-state index contributed by atoms with van der Waals surface area (Å²) in [4.78, 5) is 29.6. The fourth-order valence-corrected chi connectivity index (χ4v) is 3.99. The van der Waals surface area contributed by atoms with E-state index in [0.717, 1.165) is 32.5 Å². The second-order valence-corrected chi connectivity index (χ2v) is 7.80. The molecule has 29 heavy (non-hydrogen) atoms. The molecule has 2 N–H and O–H groups in total. The molecule has 0 unspecified atom stereocenters. The van der Waals surface area contributed by atoms with Gasteiger partial charge in [0.05, 0.1) is 18.2 Å². The van der Waals surface area contributed by atoms with Crippen LogP contribution < -0.4 is 5.32 Å². The number of benzene rings is 1. The van der Waals surface area contributed by atoms with Crippen molar-refractivity contribution in [2.45, 2.75) is 38.4 Å². The predicted octanol–water partition coefficient (Wildman–Crippen LogP) is 1.32. The highest BCUT2D eigenvalue weighted by atomic mass is 16.4. The Hall–Kier alpha value is -2.63. The average molecular weight is 399 g/mol. The SMILES string of the molecule is CCN(CC(=O)O)C1CC(NC(=O)N2CCN(Cc3ccc(C#N)cc3)CC2)C1. The number of aliphatic carboxylic acids is 1. The maximum atomic E-state index is 12.5. The van der Waals surface area contributed by atoms with Crippen LogP contribution in [-0.4, -0.2) is 83.2 Å². The molecule has 8 heteroatoms. The summed E-state index contributed by atoms with van der Waals surface area (Å²) < 4.78 is 0. The molecule has 1 saturated heterocycles. The van der Waals surface area contributed by atoms with Crippen LogP contribution in [0.3, 0.4) is 0 Å². The Morgan fingerprint density at radius 3 is 2.41 bits per heavy atom. The smallest absolute Gasteiger partial charge is 0.317 e. The molecule has 0 radical (unpaired) electrons. The van der Waals surface area contributed by atoms with Crippen LogP contribution in [0.4, 0.5) is 4.79 Å². The van der Waals surface area contributed by atoms with Crippen molar-refractivity contribution in [2.24, 2.45) is 0 Å². The van der Waals surface area contributed by atoms with E-state index in [9.17, 15) is 9.59 Å². The zero-order chi connectivity index (χ0) is 20.8. The van der Waals surface area contributed by atoms with Gasteiger partial charge in [0.15, 0.2) is 0 Å². The largest absolute Gasteiger partial charge is 0.480 e. The van der Waals surface area contributed by atoms with E-state index in [0.29, 0.717) is 25.2 Å². The third kappa shape index (κ3) is 5.68.